The Hall–Kier alpha value is -3.55. The monoisotopic (exact) mass is 339 g/mol. The van der Waals surface area contributed by atoms with Gasteiger partial charge in [0.05, 0.1) is 19.2 Å². The summed E-state index contributed by atoms with van der Waals surface area (Å²) in [5.74, 6) is -0.146. The third-order valence-electron chi connectivity index (χ3n) is 3.54. The number of fused-ring (bicyclic) bond motifs is 1. The number of carbonyl (C=O) groups excluding carboxylic acids is 2. The van der Waals surface area contributed by atoms with E-state index in [9.17, 15) is 9.59 Å². The minimum Gasteiger partial charge on any atom is -0.497 e. The van der Waals surface area contributed by atoms with Crippen LogP contribution in [0.5, 0.6) is 5.75 Å². The molecule has 0 bridgehead atoms. The Morgan fingerprint density at radius 2 is 1.84 bits per heavy atom. The van der Waals surface area contributed by atoms with Gasteiger partial charge in [0.1, 0.15) is 5.75 Å². The zero-order chi connectivity index (χ0) is 17.6. The standard InChI is InChI=1S/C17H17N5O3/c1-25-12-8-6-11(7-9-12)18-10-15(23)20-22-17(24)16-13-4-2-3-5-14(13)19-21-16/h2-9,18H,10H2,1H3,(H,19,21)(H,20,23)(H,22,24). The number of aromatic nitrogens is 2. The Kier molecular flexibility index (Phi) is 4.79. The summed E-state index contributed by atoms with van der Waals surface area (Å²) >= 11 is 0. The summed E-state index contributed by atoms with van der Waals surface area (Å²) < 4.78 is 5.06. The van der Waals surface area contributed by atoms with Gasteiger partial charge in [-0.15, -0.1) is 0 Å². The van der Waals surface area contributed by atoms with Crippen molar-refractivity contribution in [3.8, 4) is 5.75 Å². The number of rotatable bonds is 5. The van der Waals surface area contributed by atoms with Crippen molar-refractivity contribution in [3.63, 3.8) is 0 Å². The van der Waals surface area contributed by atoms with Crippen molar-refractivity contribution in [2.24, 2.45) is 0 Å². The summed E-state index contributed by atoms with van der Waals surface area (Å²) in [6.07, 6.45) is 0. The molecule has 0 aliphatic rings. The summed E-state index contributed by atoms with van der Waals surface area (Å²) in [5.41, 5.74) is 6.44. The number of nitrogens with one attached hydrogen (secondary N) is 4. The van der Waals surface area contributed by atoms with E-state index in [-0.39, 0.29) is 18.1 Å². The molecule has 2 aromatic carbocycles. The Bertz CT molecular complexity index is 889. The van der Waals surface area contributed by atoms with E-state index in [1.807, 2.05) is 18.2 Å². The van der Waals surface area contributed by atoms with Crippen LogP contribution < -0.4 is 20.9 Å². The second-order valence-electron chi connectivity index (χ2n) is 5.20. The number of H-pyrrole nitrogens is 1. The van der Waals surface area contributed by atoms with E-state index in [2.05, 4.69) is 26.4 Å². The van der Waals surface area contributed by atoms with Gasteiger partial charge in [0.2, 0.25) is 0 Å². The summed E-state index contributed by atoms with van der Waals surface area (Å²) in [4.78, 5) is 24.0. The highest BCUT2D eigenvalue weighted by atomic mass is 16.5. The Morgan fingerprint density at radius 3 is 2.60 bits per heavy atom. The van der Waals surface area contributed by atoms with Gasteiger partial charge in [-0.2, -0.15) is 5.10 Å². The van der Waals surface area contributed by atoms with Crippen LogP contribution in [0.15, 0.2) is 48.5 Å². The fourth-order valence-electron chi connectivity index (χ4n) is 2.26. The fourth-order valence-corrected chi connectivity index (χ4v) is 2.26. The number of hydrogen-bond acceptors (Lipinski definition) is 5. The van der Waals surface area contributed by atoms with Gasteiger partial charge in [-0.3, -0.25) is 25.5 Å². The maximum atomic E-state index is 12.1. The molecule has 0 radical (unpaired) electrons. The molecule has 0 aliphatic heterocycles. The minimum atomic E-state index is -0.491. The largest absolute Gasteiger partial charge is 0.497 e. The first kappa shape index (κ1) is 16.3. The van der Waals surface area contributed by atoms with Crippen molar-refractivity contribution in [2.45, 2.75) is 0 Å². The Balaban J connectivity index is 1.50. The lowest BCUT2D eigenvalue weighted by atomic mass is 10.2. The first-order valence-corrected chi connectivity index (χ1v) is 7.57. The highest BCUT2D eigenvalue weighted by Gasteiger charge is 2.14. The molecule has 8 heteroatoms. The maximum Gasteiger partial charge on any atom is 0.290 e. The molecule has 0 fully saturated rings. The summed E-state index contributed by atoms with van der Waals surface area (Å²) in [7, 11) is 1.58. The van der Waals surface area contributed by atoms with Crippen LogP contribution in [0.2, 0.25) is 0 Å². The van der Waals surface area contributed by atoms with E-state index < -0.39 is 5.91 Å². The van der Waals surface area contributed by atoms with Gasteiger partial charge in [-0.05, 0) is 30.3 Å². The second-order valence-corrected chi connectivity index (χ2v) is 5.20. The molecule has 0 saturated carbocycles. The fraction of sp³-hybridized carbons (Fsp3) is 0.118. The number of hydrazine groups is 1. The zero-order valence-electron chi connectivity index (χ0n) is 13.5. The number of nitrogens with zero attached hydrogens (tertiary/aromatic N) is 1. The molecule has 0 atom stereocenters. The smallest absolute Gasteiger partial charge is 0.290 e. The second kappa shape index (κ2) is 7.35. The molecule has 0 unspecified atom stereocenters. The molecule has 3 rings (SSSR count). The van der Waals surface area contributed by atoms with Crippen molar-refractivity contribution in [1.82, 2.24) is 21.0 Å². The molecular weight excluding hydrogens is 322 g/mol. The van der Waals surface area contributed by atoms with Crippen LogP contribution in [0.25, 0.3) is 10.9 Å². The van der Waals surface area contributed by atoms with Crippen molar-refractivity contribution in [3.05, 3.63) is 54.2 Å². The van der Waals surface area contributed by atoms with E-state index in [4.69, 9.17) is 4.74 Å². The first-order chi connectivity index (χ1) is 12.2. The number of methoxy groups -OCH3 is 1. The predicted molar refractivity (Wildman–Crippen MR) is 93.2 cm³/mol. The van der Waals surface area contributed by atoms with E-state index in [0.29, 0.717) is 5.39 Å². The summed E-state index contributed by atoms with van der Waals surface area (Å²) in [6.45, 7) is 0.00786. The number of para-hydroxylation sites is 1. The molecule has 8 nitrogen and oxygen atoms in total. The van der Waals surface area contributed by atoms with Gasteiger partial charge in [0.25, 0.3) is 11.8 Å². The molecule has 4 N–H and O–H groups in total. The van der Waals surface area contributed by atoms with Crippen LogP contribution in [-0.4, -0.2) is 35.7 Å². The molecule has 128 valence electrons. The predicted octanol–water partition coefficient (Wildman–Crippen LogP) is 1.44. The maximum absolute atomic E-state index is 12.1. The van der Waals surface area contributed by atoms with E-state index in [1.54, 1.807) is 37.4 Å². The van der Waals surface area contributed by atoms with E-state index >= 15 is 0 Å². The van der Waals surface area contributed by atoms with Crippen molar-refractivity contribution in [1.29, 1.82) is 0 Å². The number of ether oxygens (including phenoxy) is 1. The molecule has 3 aromatic rings. The summed E-state index contributed by atoms with van der Waals surface area (Å²) in [6, 6.07) is 14.4. The lowest BCUT2D eigenvalue weighted by Crippen LogP contribution is -2.44. The highest BCUT2D eigenvalue weighted by molar-refractivity contribution is 6.05. The molecule has 1 aromatic heterocycles. The Labute approximate surface area is 143 Å². The molecule has 0 spiro atoms. The van der Waals surface area contributed by atoms with Crippen LogP contribution in [-0.2, 0) is 4.79 Å². The topological polar surface area (TPSA) is 108 Å². The number of amides is 2. The molecule has 1 heterocycles. The van der Waals surface area contributed by atoms with Gasteiger partial charge >= 0.3 is 0 Å². The molecular formula is C17H17N5O3. The van der Waals surface area contributed by atoms with Gasteiger partial charge in [0, 0.05) is 11.1 Å². The zero-order valence-corrected chi connectivity index (χ0v) is 13.5. The lowest BCUT2D eigenvalue weighted by Gasteiger charge is -2.09. The highest BCUT2D eigenvalue weighted by Crippen LogP contribution is 2.15. The first-order valence-electron chi connectivity index (χ1n) is 7.57. The third-order valence-corrected chi connectivity index (χ3v) is 3.54. The van der Waals surface area contributed by atoms with Crippen LogP contribution in [0.4, 0.5) is 5.69 Å². The van der Waals surface area contributed by atoms with E-state index in [0.717, 1.165) is 17.0 Å². The Morgan fingerprint density at radius 1 is 1.08 bits per heavy atom. The van der Waals surface area contributed by atoms with Crippen molar-refractivity contribution >= 4 is 28.4 Å². The lowest BCUT2D eigenvalue weighted by molar-refractivity contribution is -0.120. The van der Waals surface area contributed by atoms with Crippen LogP contribution in [0.3, 0.4) is 0 Å². The third kappa shape index (κ3) is 3.86. The molecule has 25 heavy (non-hydrogen) atoms. The number of benzene rings is 2. The number of hydrogen-bond donors (Lipinski definition) is 4. The van der Waals surface area contributed by atoms with Crippen LogP contribution in [0, 0.1) is 0 Å². The normalized spacial score (nSPS) is 10.3. The quantitative estimate of drug-likeness (QED) is 0.526. The van der Waals surface area contributed by atoms with Crippen molar-refractivity contribution < 1.29 is 14.3 Å². The van der Waals surface area contributed by atoms with E-state index in [1.165, 1.54) is 0 Å². The van der Waals surface area contributed by atoms with Crippen LogP contribution in [0.1, 0.15) is 10.5 Å². The SMILES string of the molecule is COc1ccc(NCC(=O)NNC(=O)c2n[nH]c3ccccc23)cc1. The van der Waals surface area contributed by atoms with Crippen LogP contribution >= 0.6 is 0 Å². The number of aromatic amines is 1. The molecule has 0 aliphatic carbocycles. The molecule has 0 saturated heterocycles. The van der Waals surface area contributed by atoms with Gasteiger partial charge in [-0.25, -0.2) is 0 Å². The van der Waals surface area contributed by atoms with Gasteiger partial charge in [0.15, 0.2) is 5.69 Å². The minimum absolute atomic E-state index is 0.00786. The number of carbonyl (C=O) groups is 2. The number of anilines is 1. The summed E-state index contributed by atoms with van der Waals surface area (Å²) in [5, 5.41) is 10.4. The van der Waals surface area contributed by atoms with Crippen molar-refractivity contribution in [2.75, 3.05) is 19.0 Å². The average molecular weight is 339 g/mol. The molecule has 2 amide bonds. The average Bonchev–Trinajstić information content (AvgIpc) is 3.09. The van der Waals surface area contributed by atoms with Gasteiger partial charge < -0.3 is 10.1 Å². The van der Waals surface area contributed by atoms with Gasteiger partial charge in [-0.1, -0.05) is 18.2 Å².